The van der Waals surface area contributed by atoms with Crippen LogP contribution in [0.1, 0.15) is 5.01 Å². The van der Waals surface area contributed by atoms with Gasteiger partial charge in [0.25, 0.3) is 0 Å². The summed E-state index contributed by atoms with van der Waals surface area (Å²) in [6.45, 7) is 0. The van der Waals surface area contributed by atoms with Gasteiger partial charge in [-0.25, -0.2) is 4.98 Å². The van der Waals surface area contributed by atoms with E-state index >= 15 is 0 Å². The maximum atomic E-state index is 12.9. The molecule has 1 heterocycles. The highest BCUT2D eigenvalue weighted by molar-refractivity contribution is 7.19. The van der Waals surface area contributed by atoms with Crippen LogP contribution in [0.3, 0.4) is 0 Å². The van der Waals surface area contributed by atoms with Gasteiger partial charge in [0.15, 0.2) is 5.76 Å². The number of hydrogen-bond acceptors (Lipinski definition) is 4. The number of fused-ring (bicyclic) bond motifs is 1. The Morgan fingerprint density at radius 3 is 2.52 bits per heavy atom. The fourth-order valence-corrected chi connectivity index (χ4v) is 2.40. The van der Waals surface area contributed by atoms with E-state index in [0.717, 1.165) is 11.3 Å². The van der Waals surface area contributed by atoms with Crippen molar-refractivity contribution < 1.29 is 31.8 Å². The predicted octanol–water partition coefficient (Wildman–Crippen LogP) is 4.40. The minimum absolute atomic E-state index is 0.167. The Labute approximate surface area is 119 Å². The number of alkyl halides is 5. The van der Waals surface area contributed by atoms with Gasteiger partial charge in [-0.2, -0.15) is 22.0 Å². The van der Waals surface area contributed by atoms with Crippen molar-refractivity contribution in [1.82, 2.24) is 4.98 Å². The zero-order valence-electron chi connectivity index (χ0n) is 10.4. The first-order chi connectivity index (χ1) is 9.65. The summed E-state index contributed by atoms with van der Waals surface area (Å²) in [4.78, 5) is 3.85. The van der Waals surface area contributed by atoms with E-state index in [-0.39, 0.29) is 5.01 Å². The molecule has 0 fully saturated rings. The molecule has 0 amide bonds. The molecule has 9 heteroatoms. The van der Waals surface area contributed by atoms with E-state index in [2.05, 4.69) is 4.98 Å². The number of halogens is 5. The van der Waals surface area contributed by atoms with E-state index in [0.29, 0.717) is 22.0 Å². The monoisotopic (exact) mass is 325 g/mol. The first-order valence-electron chi connectivity index (χ1n) is 5.45. The fourth-order valence-electron chi connectivity index (χ4n) is 1.46. The lowest BCUT2D eigenvalue weighted by molar-refractivity contribution is -0.273. The van der Waals surface area contributed by atoms with Crippen LogP contribution in [0.15, 0.2) is 24.0 Å². The standard InChI is InChI=1S/C12H8F5NO2S/c1-20-6-2-3-7-8(4-6)21-10(18-7)5-9(19)11(13,14)12(15,16)17/h2-5,19H,1H3. The zero-order chi connectivity index (χ0) is 15.8. The summed E-state index contributed by atoms with van der Waals surface area (Å²) in [5, 5.41) is 8.86. The van der Waals surface area contributed by atoms with E-state index in [1.807, 2.05) is 0 Å². The smallest absolute Gasteiger partial charge is 0.461 e. The number of aliphatic hydroxyl groups excluding tert-OH is 1. The molecule has 114 valence electrons. The number of rotatable bonds is 3. The van der Waals surface area contributed by atoms with Crippen LogP contribution < -0.4 is 4.74 Å². The summed E-state index contributed by atoms with van der Waals surface area (Å²) in [7, 11) is 1.43. The van der Waals surface area contributed by atoms with Crippen LogP contribution in [0.25, 0.3) is 16.3 Å². The van der Waals surface area contributed by atoms with Gasteiger partial charge in [-0.15, -0.1) is 11.3 Å². The van der Waals surface area contributed by atoms with E-state index in [1.54, 1.807) is 12.1 Å². The van der Waals surface area contributed by atoms with Gasteiger partial charge in [0.05, 0.1) is 17.3 Å². The highest BCUT2D eigenvalue weighted by Crippen LogP contribution is 2.41. The number of hydrogen-bond donors (Lipinski definition) is 1. The third-order valence-corrected chi connectivity index (χ3v) is 3.52. The molecule has 0 atom stereocenters. The molecule has 0 aliphatic heterocycles. The van der Waals surface area contributed by atoms with Crippen molar-refractivity contribution in [2.45, 2.75) is 12.1 Å². The molecule has 0 saturated carbocycles. The van der Waals surface area contributed by atoms with Gasteiger partial charge in [0, 0.05) is 6.08 Å². The second kappa shape index (κ2) is 5.14. The maximum Gasteiger partial charge on any atom is 0.461 e. The molecule has 0 radical (unpaired) electrons. The molecule has 0 spiro atoms. The van der Waals surface area contributed by atoms with Crippen LogP contribution in [-0.4, -0.2) is 29.3 Å². The minimum Gasteiger partial charge on any atom is -0.506 e. The predicted molar refractivity (Wildman–Crippen MR) is 67.8 cm³/mol. The lowest BCUT2D eigenvalue weighted by atomic mass is 10.2. The molecule has 1 N–H and O–H groups in total. The van der Waals surface area contributed by atoms with Crippen LogP contribution in [0, 0.1) is 0 Å². The van der Waals surface area contributed by atoms with Gasteiger partial charge in [-0.05, 0) is 18.2 Å². The van der Waals surface area contributed by atoms with Gasteiger partial charge in [0.1, 0.15) is 10.8 Å². The third-order valence-electron chi connectivity index (χ3n) is 2.55. The minimum atomic E-state index is -5.87. The fraction of sp³-hybridized carbons (Fsp3) is 0.250. The molecule has 2 aromatic rings. The van der Waals surface area contributed by atoms with Gasteiger partial charge in [-0.1, -0.05) is 0 Å². The maximum absolute atomic E-state index is 12.9. The summed E-state index contributed by atoms with van der Waals surface area (Å²) in [6.07, 6.45) is -5.56. The molecule has 1 aromatic carbocycles. The summed E-state index contributed by atoms with van der Waals surface area (Å²) in [5.74, 6) is -6.92. The number of allylic oxidation sites excluding steroid dienone is 1. The molecule has 21 heavy (non-hydrogen) atoms. The number of ether oxygens (including phenoxy) is 1. The van der Waals surface area contributed by atoms with Crippen molar-refractivity contribution in [1.29, 1.82) is 0 Å². The molecule has 0 unspecified atom stereocenters. The average Bonchev–Trinajstić information content (AvgIpc) is 2.78. The van der Waals surface area contributed by atoms with Crippen molar-refractivity contribution in [2.24, 2.45) is 0 Å². The Hall–Kier alpha value is -1.90. The molecular formula is C12H8F5NO2S. The topological polar surface area (TPSA) is 42.4 Å². The van der Waals surface area contributed by atoms with Crippen molar-refractivity contribution in [3.8, 4) is 5.75 Å². The normalized spacial score (nSPS) is 13.7. The number of nitrogens with zero attached hydrogens (tertiary/aromatic N) is 1. The highest BCUT2D eigenvalue weighted by atomic mass is 32.1. The SMILES string of the molecule is COc1ccc2nc(C=C(O)C(F)(F)C(F)(F)F)sc2c1. The lowest BCUT2D eigenvalue weighted by Crippen LogP contribution is -2.38. The van der Waals surface area contributed by atoms with Crippen molar-refractivity contribution in [3.05, 3.63) is 29.0 Å². The number of thiazole rings is 1. The largest absolute Gasteiger partial charge is 0.506 e. The van der Waals surface area contributed by atoms with Crippen LogP contribution in [-0.2, 0) is 0 Å². The van der Waals surface area contributed by atoms with Crippen LogP contribution in [0.5, 0.6) is 5.75 Å². The molecule has 0 aliphatic rings. The Balaban J connectivity index is 2.41. The molecule has 3 nitrogen and oxygen atoms in total. The Morgan fingerprint density at radius 2 is 1.95 bits per heavy atom. The van der Waals surface area contributed by atoms with Crippen molar-refractivity contribution in [2.75, 3.05) is 7.11 Å². The Bertz CT molecular complexity index is 693. The first kappa shape index (κ1) is 15.5. The van der Waals surface area contributed by atoms with E-state index in [1.165, 1.54) is 13.2 Å². The molecular weight excluding hydrogens is 317 g/mol. The van der Waals surface area contributed by atoms with Crippen molar-refractivity contribution >= 4 is 27.6 Å². The molecule has 0 saturated heterocycles. The third kappa shape index (κ3) is 2.92. The van der Waals surface area contributed by atoms with Gasteiger partial charge < -0.3 is 9.84 Å². The molecule has 0 bridgehead atoms. The summed E-state index contributed by atoms with van der Waals surface area (Å²) in [6, 6.07) is 4.66. The van der Waals surface area contributed by atoms with Crippen LogP contribution in [0.2, 0.25) is 0 Å². The second-order valence-corrected chi connectivity index (χ2v) is 5.05. The summed E-state index contributed by atoms with van der Waals surface area (Å²) >= 11 is 0.854. The van der Waals surface area contributed by atoms with Gasteiger partial charge in [0.2, 0.25) is 0 Å². The Kier molecular flexibility index (Phi) is 3.79. The van der Waals surface area contributed by atoms with Crippen LogP contribution in [0.4, 0.5) is 22.0 Å². The first-order valence-corrected chi connectivity index (χ1v) is 6.27. The molecule has 1 aromatic heterocycles. The van der Waals surface area contributed by atoms with E-state index < -0.39 is 17.9 Å². The molecule has 0 aliphatic carbocycles. The van der Waals surface area contributed by atoms with Gasteiger partial charge in [-0.3, -0.25) is 0 Å². The van der Waals surface area contributed by atoms with E-state index in [9.17, 15) is 22.0 Å². The quantitative estimate of drug-likeness (QED) is 0.672. The molecule has 2 rings (SSSR count). The number of aromatic nitrogens is 1. The van der Waals surface area contributed by atoms with Crippen molar-refractivity contribution in [3.63, 3.8) is 0 Å². The van der Waals surface area contributed by atoms with Gasteiger partial charge >= 0.3 is 12.1 Å². The summed E-state index contributed by atoms with van der Waals surface area (Å²) in [5.41, 5.74) is 0.398. The second-order valence-electron chi connectivity index (χ2n) is 3.99. The number of benzene rings is 1. The van der Waals surface area contributed by atoms with Crippen LogP contribution >= 0.6 is 11.3 Å². The number of methoxy groups -OCH3 is 1. The highest BCUT2D eigenvalue weighted by Gasteiger charge is 2.61. The summed E-state index contributed by atoms with van der Waals surface area (Å²) < 4.78 is 67.6. The zero-order valence-corrected chi connectivity index (χ0v) is 11.2. The number of aliphatic hydroxyl groups is 1. The van der Waals surface area contributed by atoms with E-state index in [4.69, 9.17) is 9.84 Å². The Morgan fingerprint density at radius 1 is 1.29 bits per heavy atom. The average molecular weight is 325 g/mol. The lowest BCUT2D eigenvalue weighted by Gasteiger charge is -2.18.